The predicted molar refractivity (Wildman–Crippen MR) is 99.6 cm³/mol. The number of unbranched alkanes of at least 4 members (excludes halogenated alkanes) is 1. The first-order chi connectivity index (χ1) is 11.2. The van der Waals surface area contributed by atoms with E-state index in [9.17, 15) is 0 Å². The minimum atomic E-state index is 0.662. The van der Waals surface area contributed by atoms with Gasteiger partial charge in [-0.25, -0.2) is 0 Å². The number of hydrogen-bond donors (Lipinski definition) is 2. The third kappa shape index (κ3) is 5.90. The first kappa shape index (κ1) is 17.9. The van der Waals surface area contributed by atoms with Gasteiger partial charge < -0.3 is 20.1 Å². The van der Waals surface area contributed by atoms with Crippen molar-refractivity contribution in [2.24, 2.45) is 5.92 Å². The van der Waals surface area contributed by atoms with Gasteiger partial charge in [-0.2, -0.15) is 0 Å². The van der Waals surface area contributed by atoms with Crippen molar-refractivity contribution in [1.29, 1.82) is 0 Å². The molecule has 0 aromatic heterocycles. The predicted octanol–water partition coefficient (Wildman–Crippen LogP) is 4.35. The Labute approximate surface area is 144 Å². The average Bonchev–Trinajstić information content (AvgIpc) is 2.80. The zero-order valence-electron chi connectivity index (χ0n) is 14.2. The normalized spacial score (nSPS) is 14.7. The summed E-state index contributed by atoms with van der Waals surface area (Å²) in [5.41, 5.74) is 0.924. The van der Waals surface area contributed by atoms with Crippen molar-refractivity contribution in [2.75, 3.05) is 25.1 Å². The van der Waals surface area contributed by atoms with E-state index in [4.69, 9.17) is 21.7 Å². The van der Waals surface area contributed by atoms with E-state index in [1.54, 1.807) is 0 Å². The average molecular weight is 337 g/mol. The molecule has 2 rings (SSSR count). The van der Waals surface area contributed by atoms with Crippen molar-refractivity contribution in [3.63, 3.8) is 0 Å². The third-order valence-corrected chi connectivity index (χ3v) is 4.35. The molecule has 1 aliphatic rings. The number of benzene rings is 1. The number of rotatable bonds is 7. The first-order valence-electron chi connectivity index (χ1n) is 8.67. The number of anilines is 1. The van der Waals surface area contributed by atoms with E-state index in [1.807, 2.05) is 18.2 Å². The van der Waals surface area contributed by atoms with Crippen LogP contribution in [0.25, 0.3) is 0 Å². The van der Waals surface area contributed by atoms with Gasteiger partial charge in [-0.1, -0.05) is 33.1 Å². The van der Waals surface area contributed by atoms with Crippen LogP contribution in [0, 0.1) is 5.92 Å². The Morgan fingerprint density at radius 1 is 1.22 bits per heavy atom. The Morgan fingerprint density at radius 2 is 2.00 bits per heavy atom. The van der Waals surface area contributed by atoms with Crippen molar-refractivity contribution >= 4 is 23.0 Å². The van der Waals surface area contributed by atoms with Gasteiger partial charge in [-0.3, -0.25) is 0 Å². The van der Waals surface area contributed by atoms with Crippen molar-refractivity contribution in [3.8, 4) is 11.5 Å². The smallest absolute Gasteiger partial charge is 0.170 e. The second-order valence-corrected chi connectivity index (χ2v) is 6.37. The van der Waals surface area contributed by atoms with Crippen LogP contribution in [0.15, 0.2) is 18.2 Å². The zero-order chi connectivity index (χ0) is 16.5. The lowest BCUT2D eigenvalue weighted by Gasteiger charge is -2.17. The molecular formula is C18H28N2O2S. The van der Waals surface area contributed by atoms with Gasteiger partial charge >= 0.3 is 0 Å². The summed E-state index contributed by atoms with van der Waals surface area (Å²) in [5, 5.41) is 7.23. The second-order valence-electron chi connectivity index (χ2n) is 5.96. The van der Waals surface area contributed by atoms with Gasteiger partial charge in [0.05, 0.1) is 13.2 Å². The molecule has 1 atom stereocenters. The largest absolute Gasteiger partial charge is 0.490 e. The van der Waals surface area contributed by atoms with E-state index < -0.39 is 0 Å². The third-order valence-electron chi connectivity index (χ3n) is 4.10. The van der Waals surface area contributed by atoms with Gasteiger partial charge in [0, 0.05) is 24.7 Å². The molecule has 5 heteroatoms. The molecule has 0 fully saturated rings. The number of hydrogen-bond acceptors (Lipinski definition) is 3. The maximum Gasteiger partial charge on any atom is 0.170 e. The molecule has 1 aromatic rings. The maximum atomic E-state index is 5.70. The van der Waals surface area contributed by atoms with E-state index in [2.05, 4.69) is 24.5 Å². The number of fused-ring (bicyclic) bond motifs is 1. The van der Waals surface area contributed by atoms with Gasteiger partial charge in [0.2, 0.25) is 0 Å². The van der Waals surface area contributed by atoms with Crippen LogP contribution in [0.4, 0.5) is 5.69 Å². The molecule has 0 radical (unpaired) electrons. The van der Waals surface area contributed by atoms with Crippen LogP contribution in [-0.4, -0.2) is 24.9 Å². The molecule has 0 amide bonds. The Kier molecular flexibility index (Phi) is 7.46. The molecule has 0 spiro atoms. The number of thiocarbonyl (C=S) groups is 1. The lowest BCUT2D eigenvalue weighted by atomic mass is 9.99. The molecule has 2 N–H and O–H groups in total. The molecule has 1 aromatic carbocycles. The van der Waals surface area contributed by atoms with E-state index in [-0.39, 0.29) is 0 Å². The fraction of sp³-hybridized carbons (Fsp3) is 0.611. The SMILES string of the molecule is CCCC[C@H](CC)CNC(=S)Nc1ccc2c(c1)OCCCO2. The summed E-state index contributed by atoms with van der Waals surface area (Å²) in [6.45, 7) is 6.79. The molecule has 0 aliphatic carbocycles. The zero-order valence-corrected chi connectivity index (χ0v) is 15.0. The summed E-state index contributed by atoms with van der Waals surface area (Å²) in [4.78, 5) is 0. The minimum absolute atomic E-state index is 0.662. The number of nitrogens with one attached hydrogen (secondary N) is 2. The van der Waals surface area contributed by atoms with Crippen LogP contribution in [0.1, 0.15) is 46.0 Å². The van der Waals surface area contributed by atoms with E-state index in [0.29, 0.717) is 24.2 Å². The van der Waals surface area contributed by atoms with Gasteiger partial charge in [0.25, 0.3) is 0 Å². The summed E-state index contributed by atoms with van der Waals surface area (Å²) in [7, 11) is 0. The van der Waals surface area contributed by atoms with Crippen LogP contribution < -0.4 is 20.1 Å². The standard InChI is InChI=1S/C18H28N2O2S/c1-3-5-7-14(4-2)13-19-18(23)20-15-8-9-16-17(12-15)22-11-6-10-21-16/h8-9,12,14H,3-7,10-11,13H2,1-2H3,(H2,19,20,23)/t14-/m0/s1. The maximum absolute atomic E-state index is 5.70. The Balaban J connectivity index is 1.84. The fourth-order valence-electron chi connectivity index (χ4n) is 2.60. The van der Waals surface area contributed by atoms with Crippen LogP contribution >= 0.6 is 12.2 Å². The highest BCUT2D eigenvalue weighted by atomic mass is 32.1. The topological polar surface area (TPSA) is 42.5 Å². The summed E-state index contributed by atoms with van der Waals surface area (Å²) in [6.07, 6.45) is 5.87. The molecule has 1 heterocycles. The summed E-state index contributed by atoms with van der Waals surface area (Å²) in [5.74, 6) is 2.26. The molecule has 0 saturated heterocycles. The molecule has 23 heavy (non-hydrogen) atoms. The molecular weight excluding hydrogens is 308 g/mol. The minimum Gasteiger partial charge on any atom is -0.490 e. The van der Waals surface area contributed by atoms with Crippen LogP contribution in [0.2, 0.25) is 0 Å². The van der Waals surface area contributed by atoms with Crippen molar-refractivity contribution in [1.82, 2.24) is 5.32 Å². The Hall–Kier alpha value is -1.49. The Bertz CT molecular complexity index is 508. The molecule has 1 aliphatic heterocycles. The summed E-state index contributed by atoms with van der Waals surface area (Å²) in [6, 6.07) is 5.85. The molecule has 4 nitrogen and oxygen atoms in total. The van der Waals surface area contributed by atoms with E-state index in [0.717, 1.165) is 30.2 Å². The second kappa shape index (κ2) is 9.60. The molecule has 0 bridgehead atoms. The number of ether oxygens (including phenoxy) is 2. The first-order valence-corrected chi connectivity index (χ1v) is 9.08. The highest BCUT2D eigenvalue weighted by Gasteiger charge is 2.11. The van der Waals surface area contributed by atoms with E-state index in [1.165, 1.54) is 25.7 Å². The van der Waals surface area contributed by atoms with Crippen molar-refractivity contribution in [3.05, 3.63) is 18.2 Å². The molecule has 0 unspecified atom stereocenters. The fourth-order valence-corrected chi connectivity index (χ4v) is 2.80. The molecule has 0 saturated carbocycles. The van der Waals surface area contributed by atoms with Crippen LogP contribution in [0.5, 0.6) is 11.5 Å². The molecule has 128 valence electrons. The van der Waals surface area contributed by atoms with Gasteiger partial charge in [-0.05, 0) is 36.7 Å². The van der Waals surface area contributed by atoms with Crippen LogP contribution in [-0.2, 0) is 0 Å². The highest BCUT2D eigenvalue weighted by molar-refractivity contribution is 7.80. The van der Waals surface area contributed by atoms with Gasteiger partial charge in [0.1, 0.15) is 0 Å². The lowest BCUT2D eigenvalue weighted by Crippen LogP contribution is -2.32. The van der Waals surface area contributed by atoms with Crippen LogP contribution in [0.3, 0.4) is 0 Å². The quantitative estimate of drug-likeness (QED) is 0.725. The van der Waals surface area contributed by atoms with E-state index >= 15 is 0 Å². The van der Waals surface area contributed by atoms with Gasteiger partial charge in [0.15, 0.2) is 16.6 Å². The van der Waals surface area contributed by atoms with Gasteiger partial charge in [-0.15, -0.1) is 0 Å². The van der Waals surface area contributed by atoms with Crippen molar-refractivity contribution < 1.29 is 9.47 Å². The summed E-state index contributed by atoms with van der Waals surface area (Å²) < 4.78 is 11.3. The monoisotopic (exact) mass is 336 g/mol. The summed E-state index contributed by atoms with van der Waals surface area (Å²) >= 11 is 5.40. The lowest BCUT2D eigenvalue weighted by molar-refractivity contribution is 0.297. The van der Waals surface area contributed by atoms with Crippen molar-refractivity contribution in [2.45, 2.75) is 46.0 Å². The Morgan fingerprint density at radius 3 is 2.74 bits per heavy atom. The highest BCUT2D eigenvalue weighted by Crippen LogP contribution is 2.32.